The lowest BCUT2D eigenvalue weighted by Gasteiger charge is -2.11. The summed E-state index contributed by atoms with van der Waals surface area (Å²) in [6, 6.07) is 6.51. The van der Waals surface area contributed by atoms with Gasteiger partial charge in [0, 0.05) is 20.8 Å². The van der Waals surface area contributed by atoms with Crippen molar-refractivity contribution in [1.29, 1.82) is 0 Å². The van der Waals surface area contributed by atoms with Crippen LogP contribution in [-0.4, -0.2) is 15.5 Å². The second-order valence-corrected chi connectivity index (χ2v) is 8.13. The molecule has 8 heteroatoms. The van der Waals surface area contributed by atoms with Crippen LogP contribution >= 0.6 is 27.3 Å². The third-order valence-corrected chi connectivity index (χ3v) is 5.91. The van der Waals surface area contributed by atoms with Gasteiger partial charge in [0.2, 0.25) is 10.0 Å². The van der Waals surface area contributed by atoms with E-state index in [0.29, 0.717) is 18.0 Å². The summed E-state index contributed by atoms with van der Waals surface area (Å²) in [4.78, 5) is 2.37. The fraction of sp³-hybridized carbons (Fsp3) is 0.231. The standard InChI is InChI=1S/C13H15BrN2O3S2/c1-8-11(14)5-9(20-8)7-16-12-6-10(21(15,17)18)3-4-13(12)19-2/h3-6,16H,7H2,1-2H3,(H2,15,17,18). The molecule has 2 aromatic rings. The molecule has 1 heterocycles. The van der Waals surface area contributed by atoms with Crippen molar-refractivity contribution in [3.05, 3.63) is 38.5 Å². The molecule has 0 aliphatic carbocycles. The molecule has 1 aromatic carbocycles. The van der Waals surface area contributed by atoms with Crippen molar-refractivity contribution in [2.24, 2.45) is 5.14 Å². The molecule has 0 spiro atoms. The minimum atomic E-state index is -3.74. The van der Waals surface area contributed by atoms with Crippen LogP contribution in [0, 0.1) is 6.92 Å². The molecule has 0 unspecified atom stereocenters. The molecule has 0 fully saturated rings. The first-order valence-electron chi connectivity index (χ1n) is 6.01. The Labute approximate surface area is 136 Å². The van der Waals surface area contributed by atoms with Gasteiger partial charge < -0.3 is 10.1 Å². The van der Waals surface area contributed by atoms with Crippen molar-refractivity contribution in [3.63, 3.8) is 0 Å². The van der Waals surface area contributed by atoms with Crippen molar-refractivity contribution in [1.82, 2.24) is 0 Å². The Morgan fingerprint density at radius 2 is 2.10 bits per heavy atom. The van der Waals surface area contributed by atoms with Gasteiger partial charge >= 0.3 is 0 Å². The summed E-state index contributed by atoms with van der Waals surface area (Å²) in [5, 5.41) is 8.33. The number of aryl methyl sites for hydroxylation is 1. The van der Waals surface area contributed by atoms with E-state index in [-0.39, 0.29) is 4.90 Å². The summed E-state index contributed by atoms with van der Waals surface area (Å²) >= 11 is 5.13. The third-order valence-electron chi connectivity index (χ3n) is 2.86. The fourth-order valence-electron chi connectivity index (χ4n) is 1.79. The van der Waals surface area contributed by atoms with Crippen LogP contribution in [0.4, 0.5) is 5.69 Å². The highest BCUT2D eigenvalue weighted by atomic mass is 79.9. The predicted octanol–water partition coefficient (Wildman–Crippen LogP) is 3.09. The van der Waals surface area contributed by atoms with E-state index < -0.39 is 10.0 Å². The Balaban J connectivity index is 2.25. The number of rotatable bonds is 5. The number of halogens is 1. The molecule has 0 bridgehead atoms. The van der Waals surface area contributed by atoms with Gasteiger partial charge in [-0.05, 0) is 47.1 Å². The Bertz CT molecular complexity index is 737. The first-order chi connectivity index (χ1) is 9.81. The number of thiophene rings is 1. The van der Waals surface area contributed by atoms with Crippen molar-refractivity contribution in [2.75, 3.05) is 12.4 Å². The molecule has 0 saturated heterocycles. The Morgan fingerprint density at radius 3 is 2.62 bits per heavy atom. The quantitative estimate of drug-likeness (QED) is 0.821. The summed E-state index contributed by atoms with van der Waals surface area (Å²) in [7, 11) is -2.21. The van der Waals surface area contributed by atoms with Gasteiger partial charge in [-0.3, -0.25) is 0 Å². The number of primary sulfonamides is 1. The number of hydrogen-bond acceptors (Lipinski definition) is 5. The van der Waals surface area contributed by atoms with Crippen LogP contribution in [0.25, 0.3) is 0 Å². The highest BCUT2D eigenvalue weighted by Crippen LogP contribution is 2.30. The summed E-state index contributed by atoms with van der Waals surface area (Å²) < 4.78 is 29.1. The minimum Gasteiger partial charge on any atom is -0.495 e. The van der Waals surface area contributed by atoms with Crippen molar-refractivity contribution >= 4 is 43.0 Å². The number of anilines is 1. The van der Waals surface area contributed by atoms with Gasteiger partial charge in [-0.25, -0.2) is 13.6 Å². The predicted molar refractivity (Wildman–Crippen MR) is 88.4 cm³/mol. The van der Waals surface area contributed by atoms with Crippen molar-refractivity contribution in [2.45, 2.75) is 18.4 Å². The topological polar surface area (TPSA) is 81.4 Å². The summed E-state index contributed by atoms with van der Waals surface area (Å²) in [5.74, 6) is 0.565. The number of sulfonamides is 1. The van der Waals surface area contributed by atoms with E-state index in [9.17, 15) is 8.42 Å². The molecular weight excluding hydrogens is 376 g/mol. The molecule has 21 heavy (non-hydrogen) atoms. The second-order valence-electron chi connectivity index (χ2n) is 4.38. The average molecular weight is 391 g/mol. The SMILES string of the molecule is COc1ccc(S(N)(=O)=O)cc1NCc1cc(Br)c(C)s1. The van der Waals surface area contributed by atoms with Crippen LogP contribution in [-0.2, 0) is 16.6 Å². The molecule has 0 saturated carbocycles. The van der Waals surface area contributed by atoms with E-state index >= 15 is 0 Å². The highest BCUT2D eigenvalue weighted by Gasteiger charge is 2.12. The number of hydrogen-bond donors (Lipinski definition) is 2. The number of nitrogens with one attached hydrogen (secondary N) is 1. The van der Waals surface area contributed by atoms with Crippen molar-refractivity contribution in [3.8, 4) is 5.75 Å². The molecule has 114 valence electrons. The average Bonchev–Trinajstić information content (AvgIpc) is 2.74. The molecule has 3 N–H and O–H groups in total. The molecule has 1 aromatic heterocycles. The Kier molecular flexibility index (Phi) is 4.92. The first-order valence-corrected chi connectivity index (χ1v) is 9.16. The lowest BCUT2D eigenvalue weighted by molar-refractivity contribution is 0.416. The zero-order chi connectivity index (χ0) is 15.6. The fourth-order valence-corrected chi connectivity index (χ4v) is 3.87. The smallest absolute Gasteiger partial charge is 0.238 e. The lowest BCUT2D eigenvalue weighted by Crippen LogP contribution is -2.12. The monoisotopic (exact) mass is 390 g/mol. The molecule has 0 radical (unpaired) electrons. The van der Waals surface area contributed by atoms with E-state index in [0.717, 1.165) is 9.35 Å². The Morgan fingerprint density at radius 1 is 1.38 bits per heavy atom. The van der Waals surface area contributed by atoms with Gasteiger partial charge in [0.25, 0.3) is 0 Å². The zero-order valence-corrected chi connectivity index (χ0v) is 14.7. The van der Waals surface area contributed by atoms with Gasteiger partial charge in [0.05, 0.1) is 17.7 Å². The van der Waals surface area contributed by atoms with Crippen LogP contribution < -0.4 is 15.2 Å². The highest BCUT2D eigenvalue weighted by molar-refractivity contribution is 9.10. The number of methoxy groups -OCH3 is 1. The Hall–Kier alpha value is -1.09. The van der Waals surface area contributed by atoms with Gasteiger partial charge in [-0.1, -0.05) is 0 Å². The normalized spacial score (nSPS) is 11.4. The minimum absolute atomic E-state index is 0.0503. The van der Waals surface area contributed by atoms with Gasteiger partial charge in [0.15, 0.2) is 0 Å². The molecule has 0 atom stereocenters. The third kappa shape index (κ3) is 3.97. The number of ether oxygens (including phenoxy) is 1. The molecule has 2 rings (SSSR count). The van der Waals surface area contributed by atoms with Crippen LogP contribution in [0.15, 0.2) is 33.6 Å². The van der Waals surface area contributed by atoms with E-state index in [1.165, 1.54) is 24.1 Å². The zero-order valence-electron chi connectivity index (χ0n) is 11.5. The summed E-state index contributed by atoms with van der Waals surface area (Å²) in [5.41, 5.74) is 0.589. The van der Waals surface area contributed by atoms with Gasteiger partial charge in [0.1, 0.15) is 5.75 Å². The number of nitrogens with two attached hydrogens (primary N) is 1. The number of benzene rings is 1. The molecule has 5 nitrogen and oxygen atoms in total. The largest absolute Gasteiger partial charge is 0.495 e. The molecule has 0 aliphatic rings. The molecule has 0 amide bonds. The van der Waals surface area contributed by atoms with E-state index in [2.05, 4.69) is 21.2 Å². The maximum atomic E-state index is 11.4. The van der Waals surface area contributed by atoms with Gasteiger partial charge in [-0.2, -0.15) is 0 Å². The van der Waals surface area contributed by atoms with Crippen molar-refractivity contribution < 1.29 is 13.2 Å². The second kappa shape index (κ2) is 6.35. The molecule has 0 aliphatic heterocycles. The van der Waals surface area contributed by atoms with Crippen LogP contribution in [0.1, 0.15) is 9.75 Å². The van der Waals surface area contributed by atoms with E-state index in [1.807, 2.05) is 13.0 Å². The summed E-state index contributed by atoms with van der Waals surface area (Å²) in [6.07, 6.45) is 0. The van der Waals surface area contributed by atoms with E-state index in [4.69, 9.17) is 9.88 Å². The van der Waals surface area contributed by atoms with Gasteiger partial charge in [-0.15, -0.1) is 11.3 Å². The maximum absolute atomic E-state index is 11.4. The van der Waals surface area contributed by atoms with Crippen LogP contribution in [0.5, 0.6) is 5.75 Å². The van der Waals surface area contributed by atoms with Crippen LogP contribution in [0.3, 0.4) is 0 Å². The van der Waals surface area contributed by atoms with Crippen LogP contribution in [0.2, 0.25) is 0 Å². The summed E-state index contributed by atoms with van der Waals surface area (Å²) in [6.45, 7) is 2.60. The lowest BCUT2D eigenvalue weighted by atomic mass is 10.3. The first kappa shape index (κ1) is 16.3. The molecular formula is C13H15BrN2O3S2. The maximum Gasteiger partial charge on any atom is 0.238 e. The van der Waals surface area contributed by atoms with E-state index in [1.54, 1.807) is 17.4 Å².